The summed E-state index contributed by atoms with van der Waals surface area (Å²) in [5.41, 5.74) is -1.85. The lowest BCUT2D eigenvalue weighted by Crippen LogP contribution is -2.48. The van der Waals surface area contributed by atoms with Crippen LogP contribution in [0.2, 0.25) is 5.02 Å². The summed E-state index contributed by atoms with van der Waals surface area (Å²) in [5.74, 6) is -4.13. The average Bonchev–Trinajstić information content (AvgIpc) is 2.83. The van der Waals surface area contributed by atoms with Gasteiger partial charge in [-0.1, -0.05) is 23.7 Å². The molecule has 0 unspecified atom stereocenters. The first-order valence-electron chi connectivity index (χ1n) is 10.8. The van der Waals surface area contributed by atoms with Crippen molar-refractivity contribution >= 4 is 17.6 Å². The Morgan fingerprint density at radius 1 is 0.944 bits per heavy atom. The Bertz CT molecular complexity index is 944. The number of benzene rings is 2. The van der Waals surface area contributed by atoms with Gasteiger partial charge in [0, 0.05) is 22.7 Å². The standard InChI is InChI=1S/C17H15ClF2O3.C7H17NO5/c1-16(2,15(21)22)23-14-9-5-12(6-10-14)17(19,20)11-3-7-13(18)8-4-11;1-8-2-4(10)6(12)7(13)5(11)3-9/h3-10H,1-2H3,(H,21,22);4-13H,2-3H2,1H3/t;4-,5+,6+,7+/m.0/s1. The Labute approximate surface area is 212 Å². The van der Waals surface area contributed by atoms with Gasteiger partial charge in [0.05, 0.1) is 12.7 Å². The van der Waals surface area contributed by atoms with Gasteiger partial charge in [-0.3, -0.25) is 0 Å². The zero-order chi connectivity index (χ0) is 27.7. The summed E-state index contributed by atoms with van der Waals surface area (Å²) in [7, 11) is 1.57. The fourth-order valence-corrected chi connectivity index (χ4v) is 2.92. The summed E-state index contributed by atoms with van der Waals surface area (Å²) < 4.78 is 34.2. The van der Waals surface area contributed by atoms with Gasteiger partial charge in [-0.05, 0) is 57.3 Å². The largest absolute Gasteiger partial charge is 0.478 e. The molecule has 0 saturated carbocycles. The smallest absolute Gasteiger partial charge is 0.347 e. The molecule has 4 atom stereocenters. The number of rotatable bonds is 11. The fourth-order valence-electron chi connectivity index (χ4n) is 2.79. The van der Waals surface area contributed by atoms with Gasteiger partial charge in [-0.2, -0.15) is 8.78 Å². The molecule has 12 heteroatoms. The normalized spacial score (nSPS) is 15.2. The lowest BCUT2D eigenvalue weighted by Gasteiger charge is -2.25. The van der Waals surface area contributed by atoms with Crippen molar-refractivity contribution in [3.63, 3.8) is 0 Å². The first kappa shape index (κ1) is 31.6. The number of aliphatic carboxylic acids is 1. The second kappa shape index (κ2) is 13.8. The highest BCUT2D eigenvalue weighted by atomic mass is 35.5. The Balaban J connectivity index is 0.000000426. The van der Waals surface area contributed by atoms with Crippen LogP contribution in [0, 0.1) is 0 Å². The number of nitrogens with one attached hydrogen (secondary N) is 1. The van der Waals surface area contributed by atoms with E-state index in [1.807, 2.05) is 0 Å². The number of aliphatic hydroxyl groups is 5. The molecule has 0 radical (unpaired) electrons. The van der Waals surface area contributed by atoms with Crippen LogP contribution in [0.3, 0.4) is 0 Å². The zero-order valence-electron chi connectivity index (χ0n) is 20.0. The number of carboxylic acids is 1. The molecular weight excluding hydrogens is 504 g/mol. The molecule has 0 aliphatic heterocycles. The molecule has 2 rings (SSSR count). The van der Waals surface area contributed by atoms with E-state index < -0.39 is 48.5 Å². The Kier molecular flexibility index (Phi) is 12.1. The number of carbonyl (C=O) groups is 1. The number of hydrogen-bond acceptors (Lipinski definition) is 8. The van der Waals surface area contributed by atoms with Crippen LogP contribution in [0.15, 0.2) is 48.5 Å². The molecule has 0 bridgehead atoms. The van der Waals surface area contributed by atoms with Gasteiger partial charge in [0.15, 0.2) is 5.60 Å². The quantitative estimate of drug-likeness (QED) is 0.225. The van der Waals surface area contributed by atoms with Crippen LogP contribution in [0.4, 0.5) is 8.78 Å². The van der Waals surface area contributed by atoms with Gasteiger partial charge >= 0.3 is 5.97 Å². The van der Waals surface area contributed by atoms with E-state index in [4.69, 9.17) is 41.9 Å². The summed E-state index contributed by atoms with van der Waals surface area (Å²) >= 11 is 5.71. The van der Waals surface area contributed by atoms with Crippen LogP contribution in [-0.4, -0.2) is 86.8 Å². The monoisotopic (exact) mass is 535 g/mol. The van der Waals surface area contributed by atoms with Gasteiger partial charge < -0.3 is 40.7 Å². The van der Waals surface area contributed by atoms with Crippen LogP contribution >= 0.6 is 11.6 Å². The number of alkyl halides is 2. The Morgan fingerprint density at radius 3 is 1.81 bits per heavy atom. The molecule has 2 aromatic carbocycles. The lowest BCUT2D eigenvalue weighted by atomic mass is 10.0. The third-order valence-electron chi connectivity index (χ3n) is 5.05. The van der Waals surface area contributed by atoms with Gasteiger partial charge in [0.2, 0.25) is 0 Å². The third kappa shape index (κ3) is 8.93. The molecule has 7 N–H and O–H groups in total. The highest BCUT2D eigenvalue weighted by Gasteiger charge is 2.34. The van der Waals surface area contributed by atoms with Crippen molar-refractivity contribution in [3.8, 4) is 5.75 Å². The van der Waals surface area contributed by atoms with Crippen LogP contribution in [-0.2, 0) is 10.7 Å². The second-order valence-electron chi connectivity index (χ2n) is 8.38. The van der Waals surface area contributed by atoms with Crippen molar-refractivity contribution in [2.75, 3.05) is 20.2 Å². The highest BCUT2D eigenvalue weighted by Crippen LogP contribution is 2.37. The molecule has 202 valence electrons. The summed E-state index contributed by atoms with van der Waals surface area (Å²) in [6.45, 7) is 2.19. The number of hydrogen-bond donors (Lipinski definition) is 7. The topological polar surface area (TPSA) is 160 Å². The minimum atomic E-state index is -3.19. The fraction of sp³-hybridized carbons (Fsp3) is 0.458. The lowest BCUT2D eigenvalue weighted by molar-refractivity contribution is -0.152. The number of aliphatic hydroxyl groups excluding tert-OH is 5. The van der Waals surface area contributed by atoms with Crippen molar-refractivity contribution < 1.29 is 49.0 Å². The van der Waals surface area contributed by atoms with Crippen molar-refractivity contribution in [3.05, 3.63) is 64.7 Å². The minimum Gasteiger partial charge on any atom is -0.478 e. The molecule has 0 saturated heterocycles. The number of likely N-dealkylation sites (N-methyl/N-ethyl adjacent to an activating group) is 1. The van der Waals surface area contributed by atoms with E-state index in [0.717, 1.165) is 0 Å². The maximum absolute atomic E-state index is 14.4. The van der Waals surface area contributed by atoms with E-state index in [2.05, 4.69) is 5.32 Å². The Morgan fingerprint density at radius 2 is 1.39 bits per heavy atom. The molecule has 0 aliphatic carbocycles. The maximum atomic E-state index is 14.4. The van der Waals surface area contributed by atoms with Crippen molar-refractivity contribution in [2.24, 2.45) is 0 Å². The van der Waals surface area contributed by atoms with E-state index in [0.29, 0.717) is 5.02 Å². The van der Waals surface area contributed by atoms with E-state index >= 15 is 0 Å². The van der Waals surface area contributed by atoms with Gasteiger partial charge in [-0.15, -0.1) is 0 Å². The van der Waals surface area contributed by atoms with Crippen molar-refractivity contribution in [2.45, 2.75) is 49.8 Å². The minimum absolute atomic E-state index is 0.0936. The van der Waals surface area contributed by atoms with E-state index in [1.54, 1.807) is 7.05 Å². The van der Waals surface area contributed by atoms with Gasteiger partial charge in [0.1, 0.15) is 24.1 Å². The van der Waals surface area contributed by atoms with Crippen LogP contribution in [0.1, 0.15) is 25.0 Å². The third-order valence-corrected chi connectivity index (χ3v) is 5.30. The molecule has 0 aromatic heterocycles. The molecule has 0 heterocycles. The molecule has 0 fully saturated rings. The second-order valence-corrected chi connectivity index (χ2v) is 8.82. The molecule has 0 amide bonds. The first-order chi connectivity index (χ1) is 16.7. The van der Waals surface area contributed by atoms with Crippen molar-refractivity contribution in [1.29, 1.82) is 0 Å². The van der Waals surface area contributed by atoms with Crippen LogP contribution in [0.25, 0.3) is 0 Å². The molecule has 9 nitrogen and oxygen atoms in total. The maximum Gasteiger partial charge on any atom is 0.347 e. The summed E-state index contributed by atoms with van der Waals surface area (Å²) in [6.07, 6.45) is -5.65. The van der Waals surface area contributed by atoms with Crippen LogP contribution in [0.5, 0.6) is 5.75 Å². The predicted octanol–water partition coefficient (Wildman–Crippen LogP) is 1.36. The van der Waals surface area contributed by atoms with E-state index in [1.165, 1.54) is 62.4 Å². The predicted molar refractivity (Wildman–Crippen MR) is 128 cm³/mol. The number of ether oxygens (including phenoxy) is 1. The average molecular weight is 536 g/mol. The van der Waals surface area contributed by atoms with E-state index in [9.17, 15) is 18.7 Å². The first-order valence-corrected chi connectivity index (χ1v) is 11.2. The van der Waals surface area contributed by atoms with Crippen molar-refractivity contribution in [1.82, 2.24) is 5.32 Å². The number of halogens is 3. The summed E-state index contributed by atoms with van der Waals surface area (Å²) in [5, 5.41) is 56.9. The Hall–Kier alpha value is -2.38. The van der Waals surface area contributed by atoms with Crippen LogP contribution < -0.4 is 10.1 Å². The van der Waals surface area contributed by atoms with E-state index in [-0.39, 0.29) is 23.4 Å². The van der Waals surface area contributed by atoms with Gasteiger partial charge in [-0.25, -0.2) is 4.79 Å². The zero-order valence-corrected chi connectivity index (χ0v) is 20.7. The molecule has 0 aliphatic rings. The molecule has 36 heavy (non-hydrogen) atoms. The summed E-state index contributed by atoms with van der Waals surface area (Å²) in [6, 6.07) is 10.4. The van der Waals surface area contributed by atoms with Gasteiger partial charge in [0.25, 0.3) is 5.92 Å². The molecular formula is C24H32ClF2NO8. The molecule has 2 aromatic rings. The highest BCUT2D eigenvalue weighted by molar-refractivity contribution is 6.30. The SMILES string of the molecule is CC(C)(Oc1ccc(C(F)(F)c2ccc(Cl)cc2)cc1)C(=O)O.CNC[C@H](O)[C@@H](O)[C@H](O)[C@H](O)CO. The summed E-state index contributed by atoms with van der Waals surface area (Å²) in [4.78, 5) is 11.0. The molecule has 0 spiro atoms. The number of carboxylic acid groups (broad SMARTS) is 1.